The molecule has 0 aromatic rings. The molecule has 0 spiro atoms. The van der Waals surface area contributed by atoms with Crippen molar-refractivity contribution < 1.29 is 13.2 Å². The van der Waals surface area contributed by atoms with Crippen molar-refractivity contribution in [3.63, 3.8) is 0 Å². The maximum atomic E-state index is 10.4. The van der Waals surface area contributed by atoms with E-state index in [-0.39, 0.29) is 6.92 Å². The van der Waals surface area contributed by atoms with Gasteiger partial charge in [-0.3, -0.25) is 0 Å². The number of nitriles is 1. The zero-order chi connectivity index (χ0) is 7.21. The molecule has 0 fully saturated rings. The second kappa shape index (κ2) is 4.44. The lowest BCUT2D eigenvalue weighted by Gasteiger charge is -1.88. The fraction of sp³-hybridized carbons (Fsp3) is 0.750. The van der Waals surface area contributed by atoms with Gasteiger partial charge in [-0.15, -0.1) is 0 Å². The van der Waals surface area contributed by atoms with E-state index in [0.717, 1.165) is 0 Å². The maximum Gasteiger partial charge on any atom is 0.386 e. The molecule has 0 aromatic carbocycles. The summed E-state index contributed by atoms with van der Waals surface area (Å²) in [5, 5.41) is 7.32. The molecule has 0 bridgehead atoms. The van der Waals surface area contributed by atoms with Crippen LogP contribution in [0.25, 0.3) is 0 Å². The number of halogens is 3. The summed E-state index contributed by atoms with van der Waals surface area (Å²) in [6.07, 6.45) is -4.00. The van der Waals surface area contributed by atoms with Gasteiger partial charge in [-0.2, -0.15) is 18.4 Å². The molecular formula is C4H6F3N. The summed E-state index contributed by atoms with van der Waals surface area (Å²) in [5.74, 6) is 0. The first-order valence-corrected chi connectivity index (χ1v) is 1.79. The van der Waals surface area contributed by atoms with Crippen LogP contribution in [0.1, 0.15) is 13.8 Å². The van der Waals surface area contributed by atoms with Crippen LogP contribution in [-0.2, 0) is 0 Å². The monoisotopic (exact) mass is 125 g/mol. The van der Waals surface area contributed by atoms with E-state index in [1.54, 1.807) is 6.07 Å². The molecule has 48 valence electrons. The minimum atomic E-state index is -4.00. The predicted octanol–water partition coefficient (Wildman–Crippen LogP) is 2.10. The third-order valence-electron chi connectivity index (χ3n) is 0. The van der Waals surface area contributed by atoms with Gasteiger partial charge < -0.3 is 0 Å². The van der Waals surface area contributed by atoms with Crippen molar-refractivity contribution in [1.29, 1.82) is 5.26 Å². The van der Waals surface area contributed by atoms with Gasteiger partial charge in [-0.1, -0.05) is 0 Å². The molecule has 0 aliphatic rings. The topological polar surface area (TPSA) is 23.8 Å². The van der Waals surface area contributed by atoms with Crippen molar-refractivity contribution in [2.24, 2.45) is 0 Å². The van der Waals surface area contributed by atoms with Crippen LogP contribution in [0, 0.1) is 11.3 Å². The van der Waals surface area contributed by atoms with Crippen molar-refractivity contribution in [3.8, 4) is 6.07 Å². The summed E-state index contributed by atoms with van der Waals surface area (Å²) in [5.41, 5.74) is 0. The van der Waals surface area contributed by atoms with Crippen molar-refractivity contribution >= 4 is 0 Å². The first-order chi connectivity index (χ1) is 3.41. The smallest absolute Gasteiger partial charge is 0.199 e. The van der Waals surface area contributed by atoms with Crippen molar-refractivity contribution in [1.82, 2.24) is 0 Å². The molecule has 0 atom stereocenters. The summed E-state index contributed by atoms with van der Waals surface area (Å²) in [6, 6.07) is 1.75. The normalized spacial score (nSPS) is 8.50. The molecular weight excluding hydrogens is 119 g/mol. The van der Waals surface area contributed by atoms with Crippen molar-refractivity contribution in [2.45, 2.75) is 20.0 Å². The van der Waals surface area contributed by atoms with Crippen LogP contribution in [0.2, 0.25) is 0 Å². The van der Waals surface area contributed by atoms with Crippen LogP contribution < -0.4 is 0 Å². The zero-order valence-corrected chi connectivity index (χ0v) is 4.58. The Morgan fingerprint density at radius 2 is 1.38 bits per heavy atom. The SMILES string of the molecule is CC#N.CC(F)(F)F. The number of nitrogens with zero attached hydrogens (tertiary/aromatic N) is 1. The molecule has 8 heavy (non-hydrogen) atoms. The van der Waals surface area contributed by atoms with E-state index in [2.05, 4.69) is 0 Å². The van der Waals surface area contributed by atoms with Gasteiger partial charge in [0.2, 0.25) is 0 Å². The highest BCUT2D eigenvalue weighted by Crippen LogP contribution is 2.10. The van der Waals surface area contributed by atoms with E-state index in [9.17, 15) is 13.2 Å². The molecule has 0 aromatic heterocycles. The molecule has 0 amide bonds. The lowest BCUT2D eigenvalue weighted by atomic mass is 10.8. The van der Waals surface area contributed by atoms with Gasteiger partial charge in [0.05, 0.1) is 6.07 Å². The van der Waals surface area contributed by atoms with Crippen molar-refractivity contribution in [3.05, 3.63) is 0 Å². The van der Waals surface area contributed by atoms with E-state index in [4.69, 9.17) is 5.26 Å². The van der Waals surface area contributed by atoms with Crippen LogP contribution in [0.3, 0.4) is 0 Å². The average molecular weight is 125 g/mol. The molecule has 0 saturated heterocycles. The molecule has 0 saturated carbocycles. The Hall–Kier alpha value is -0.720. The first-order valence-electron chi connectivity index (χ1n) is 1.79. The van der Waals surface area contributed by atoms with Crippen LogP contribution in [0.4, 0.5) is 13.2 Å². The van der Waals surface area contributed by atoms with E-state index in [1.807, 2.05) is 0 Å². The fourth-order valence-corrected chi connectivity index (χ4v) is 0. The number of hydrogen-bond acceptors (Lipinski definition) is 1. The lowest BCUT2D eigenvalue weighted by molar-refractivity contribution is -0.110. The van der Waals surface area contributed by atoms with Crippen LogP contribution in [0.5, 0.6) is 0 Å². The Kier molecular flexibility index (Phi) is 5.71. The summed E-state index contributed by atoms with van der Waals surface area (Å²) in [6.45, 7) is 1.62. The number of hydrogen-bond donors (Lipinski definition) is 0. The van der Waals surface area contributed by atoms with Gasteiger partial charge in [0.1, 0.15) is 0 Å². The lowest BCUT2D eigenvalue weighted by Crippen LogP contribution is -1.95. The quantitative estimate of drug-likeness (QED) is 0.486. The summed E-state index contributed by atoms with van der Waals surface area (Å²) >= 11 is 0. The second-order valence-electron chi connectivity index (χ2n) is 1.00. The second-order valence-corrected chi connectivity index (χ2v) is 1.00. The Bertz CT molecular complexity index is 72.3. The molecule has 0 heterocycles. The largest absolute Gasteiger partial charge is 0.386 e. The average Bonchev–Trinajstić information content (AvgIpc) is 1.27. The summed E-state index contributed by atoms with van der Waals surface area (Å²) in [7, 11) is 0. The van der Waals surface area contributed by atoms with E-state index in [0.29, 0.717) is 0 Å². The molecule has 0 N–H and O–H groups in total. The molecule has 4 heteroatoms. The van der Waals surface area contributed by atoms with Gasteiger partial charge >= 0.3 is 6.18 Å². The van der Waals surface area contributed by atoms with Crippen LogP contribution in [0.15, 0.2) is 0 Å². The third kappa shape index (κ3) is 187. The summed E-state index contributed by atoms with van der Waals surface area (Å²) in [4.78, 5) is 0. The van der Waals surface area contributed by atoms with Gasteiger partial charge in [0, 0.05) is 13.8 Å². The highest BCUT2D eigenvalue weighted by molar-refractivity contribution is 4.51. The molecule has 0 aliphatic heterocycles. The molecule has 0 unspecified atom stereocenters. The zero-order valence-electron chi connectivity index (χ0n) is 4.58. The Morgan fingerprint density at radius 1 is 1.38 bits per heavy atom. The maximum absolute atomic E-state index is 10.4. The van der Waals surface area contributed by atoms with Crippen molar-refractivity contribution in [2.75, 3.05) is 0 Å². The minimum Gasteiger partial charge on any atom is -0.199 e. The highest BCUT2D eigenvalue weighted by Gasteiger charge is 2.15. The number of alkyl halides is 3. The van der Waals surface area contributed by atoms with Crippen LogP contribution >= 0.6 is 0 Å². The van der Waals surface area contributed by atoms with E-state index < -0.39 is 6.18 Å². The van der Waals surface area contributed by atoms with Gasteiger partial charge in [0.15, 0.2) is 0 Å². The molecule has 0 radical (unpaired) electrons. The molecule has 1 nitrogen and oxygen atoms in total. The van der Waals surface area contributed by atoms with Gasteiger partial charge in [-0.05, 0) is 0 Å². The Balaban J connectivity index is 0. The third-order valence-corrected chi connectivity index (χ3v) is 0. The van der Waals surface area contributed by atoms with Crippen LogP contribution in [-0.4, -0.2) is 6.18 Å². The highest BCUT2D eigenvalue weighted by atomic mass is 19.4. The minimum absolute atomic E-state index is 0.188. The Labute approximate surface area is 45.7 Å². The summed E-state index contributed by atoms with van der Waals surface area (Å²) < 4.78 is 31.1. The Morgan fingerprint density at radius 3 is 1.38 bits per heavy atom. The first kappa shape index (κ1) is 10.3. The predicted molar refractivity (Wildman–Crippen MR) is 23.0 cm³/mol. The van der Waals surface area contributed by atoms with E-state index in [1.165, 1.54) is 6.92 Å². The molecule has 0 rings (SSSR count). The standard InChI is InChI=1S/C2H3F3.C2H3N/c1-2(3,4)5;1-2-3/h1H3;1H3. The number of rotatable bonds is 0. The van der Waals surface area contributed by atoms with E-state index >= 15 is 0 Å². The van der Waals surface area contributed by atoms with Gasteiger partial charge in [-0.25, -0.2) is 0 Å². The fourth-order valence-electron chi connectivity index (χ4n) is 0. The molecule has 0 aliphatic carbocycles. The van der Waals surface area contributed by atoms with Gasteiger partial charge in [0.25, 0.3) is 0 Å².